The zero-order valence-electron chi connectivity index (χ0n) is 9.38. The molecule has 2 aromatic carbocycles. The predicted octanol–water partition coefficient (Wildman–Crippen LogP) is 4.20. The van der Waals surface area contributed by atoms with Crippen LogP contribution in [0.5, 0.6) is 0 Å². The van der Waals surface area contributed by atoms with Crippen LogP contribution in [0, 0.1) is 6.92 Å². The molecule has 0 radical (unpaired) electrons. The lowest BCUT2D eigenvalue weighted by Crippen LogP contribution is -2.00. The quantitative estimate of drug-likeness (QED) is 0.641. The topological polar surface area (TPSA) is 0 Å². The van der Waals surface area contributed by atoms with Gasteiger partial charge in [0.2, 0.25) is 0 Å². The molecule has 0 spiro atoms. The molecule has 0 aromatic heterocycles. The summed E-state index contributed by atoms with van der Waals surface area (Å²) in [5, 5.41) is 2.88. The molecule has 0 heteroatoms. The third-order valence-electron chi connectivity index (χ3n) is 3.79. The van der Waals surface area contributed by atoms with E-state index in [0.717, 1.165) is 0 Å². The highest BCUT2D eigenvalue weighted by Crippen LogP contribution is 2.49. The third kappa shape index (κ3) is 1.28. The van der Waals surface area contributed by atoms with E-state index < -0.39 is 0 Å². The molecule has 0 aliphatic heterocycles. The average molecular weight is 196 g/mol. The second-order valence-corrected chi connectivity index (χ2v) is 5.04. The largest absolute Gasteiger partial charge is 0.0616 e. The summed E-state index contributed by atoms with van der Waals surface area (Å²) in [7, 11) is 0. The first kappa shape index (κ1) is 8.96. The lowest BCUT2D eigenvalue weighted by Gasteiger charge is -2.14. The van der Waals surface area contributed by atoms with E-state index in [1.54, 1.807) is 5.56 Å². The second kappa shape index (κ2) is 2.85. The smallest absolute Gasteiger partial charge is 0.00685 e. The van der Waals surface area contributed by atoms with Crippen molar-refractivity contribution in [1.82, 2.24) is 0 Å². The summed E-state index contributed by atoms with van der Waals surface area (Å²) in [6, 6.07) is 13.4. The van der Waals surface area contributed by atoms with Gasteiger partial charge in [0.05, 0.1) is 0 Å². The van der Waals surface area contributed by atoms with Crippen LogP contribution in [-0.2, 0) is 5.41 Å². The zero-order valence-corrected chi connectivity index (χ0v) is 9.38. The molecule has 1 aliphatic rings. The first-order valence-corrected chi connectivity index (χ1v) is 5.70. The maximum absolute atomic E-state index is 2.38. The average Bonchev–Trinajstić information content (AvgIpc) is 2.98. The Morgan fingerprint density at radius 2 is 1.60 bits per heavy atom. The standard InChI is InChI=1S/C15H16/c1-11-7-8-14(15(2)9-10-15)13-6-4-3-5-12(11)13/h3-8H,9-10H2,1-2H3. The molecule has 0 unspecified atom stereocenters. The van der Waals surface area contributed by atoms with Gasteiger partial charge in [0.1, 0.15) is 0 Å². The highest BCUT2D eigenvalue weighted by Gasteiger charge is 2.39. The summed E-state index contributed by atoms with van der Waals surface area (Å²) in [6.45, 7) is 4.57. The molecule has 0 nitrogen and oxygen atoms in total. The summed E-state index contributed by atoms with van der Waals surface area (Å²) in [5.41, 5.74) is 3.40. The molecule has 0 atom stereocenters. The van der Waals surface area contributed by atoms with Crippen LogP contribution >= 0.6 is 0 Å². The first-order chi connectivity index (χ1) is 7.21. The molecule has 3 rings (SSSR count). The number of rotatable bonds is 1. The molecule has 76 valence electrons. The van der Waals surface area contributed by atoms with Gasteiger partial charge in [-0.2, -0.15) is 0 Å². The number of fused-ring (bicyclic) bond motifs is 1. The maximum Gasteiger partial charge on any atom is -0.00685 e. The van der Waals surface area contributed by atoms with E-state index in [9.17, 15) is 0 Å². The summed E-state index contributed by atoms with van der Waals surface area (Å²) >= 11 is 0. The van der Waals surface area contributed by atoms with Gasteiger partial charge in [-0.15, -0.1) is 0 Å². The van der Waals surface area contributed by atoms with Gasteiger partial charge in [0, 0.05) is 0 Å². The molecule has 0 heterocycles. The van der Waals surface area contributed by atoms with Crippen LogP contribution in [-0.4, -0.2) is 0 Å². The van der Waals surface area contributed by atoms with Crippen LogP contribution in [0.3, 0.4) is 0 Å². The van der Waals surface area contributed by atoms with Gasteiger partial charge >= 0.3 is 0 Å². The minimum atomic E-state index is 0.466. The monoisotopic (exact) mass is 196 g/mol. The molecule has 0 saturated heterocycles. The van der Waals surface area contributed by atoms with Crippen molar-refractivity contribution < 1.29 is 0 Å². The van der Waals surface area contributed by atoms with E-state index in [1.165, 1.54) is 29.2 Å². The van der Waals surface area contributed by atoms with Crippen molar-refractivity contribution in [2.45, 2.75) is 32.1 Å². The van der Waals surface area contributed by atoms with Crippen molar-refractivity contribution in [3.63, 3.8) is 0 Å². The predicted molar refractivity (Wildman–Crippen MR) is 65.3 cm³/mol. The summed E-state index contributed by atoms with van der Waals surface area (Å²) in [6.07, 6.45) is 2.69. The Kier molecular flexibility index (Phi) is 1.70. The Bertz CT molecular complexity index is 519. The lowest BCUT2D eigenvalue weighted by atomic mass is 9.91. The maximum atomic E-state index is 2.38. The SMILES string of the molecule is Cc1ccc(C2(C)CC2)c2ccccc12. The number of aryl methyl sites for hydroxylation is 1. The van der Waals surface area contributed by atoms with E-state index >= 15 is 0 Å². The molecule has 1 aliphatic carbocycles. The molecule has 1 fully saturated rings. The van der Waals surface area contributed by atoms with Crippen molar-refractivity contribution in [3.05, 3.63) is 47.5 Å². The summed E-state index contributed by atoms with van der Waals surface area (Å²) < 4.78 is 0. The molecule has 0 N–H and O–H groups in total. The second-order valence-electron chi connectivity index (χ2n) is 5.04. The van der Waals surface area contributed by atoms with E-state index in [2.05, 4.69) is 50.2 Å². The van der Waals surface area contributed by atoms with Gasteiger partial charge in [-0.05, 0) is 47.1 Å². The molecular formula is C15H16. The fraction of sp³-hybridized carbons (Fsp3) is 0.333. The molecule has 2 aromatic rings. The van der Waals surface area contributed by atoms with Crippen LogP contribution in [0.15, 0.2) is 36.4 Å². The van der Waals surface area contributed by atoms with E-state index in [-0.39, 0.29) is 0 Å². The summed E-state index contributed by atoms with van der Waals surface area (Å²) in [4.78, 5) is 0. The first-order valence-electron chi connectivity index (χ1n) is 5.70. The molecule has 0 bridgehead atoms. The normalized spacial score (nSPS) is 18.0. The van der Waals surface area contributed by atoms with E-state index in [1.807, 2.05) is 0 Å². The van der Waals surface area contributed by atoms with Gasteiger partial charge in [-0.25, -0.2) is 0 Å². The van der Waals surface area contributed by atoms with Gasteiger partial charge in [0.25, 0.3) is 0 Å². The van der Waals surface area contributed by atoms with Crippen molar-refractivity contribution in [2.75, 3.05) is 0 Å². The minimum absolute atomic E-state index is 0.466. The Morgan fingerprint density at radius 3 is 2.27 bits per heavy atom. The van der Waals surface area contributed by atoms with Crippen molar-refractivity contribution in [3.8, 4) is 0 Å². The highest BCUT2D eigenvalue weighted by molar-refractivity contribution is 5.89. The van der Waals surface area contributed by atoms with Crippen molar-refractivity contribution >= 4 is 10.8 Å². The van der Waals surface area contributed by atoms with Crippen molar-refractivity contribution in [1.29, 1.82) is 0 Å². The van der Waals surface area contributed by atoms with Gasteiger partial charge in [-0.1, -0.05) is 43.3 Å². The number of hydrogen-bond acceptors (Lipinski definition) is 0. The Hall–Kier alpha value is -1.30. The zero-order chi connectivity index (χ0) is 10.5. The Labute approximate surface area is 90.9 Å². The third-order valence-corrected chi connectivity index (χ3v) is 3.79. The number of benzene rings is 2. The number of hydrogen-bond donors (Lipinski definition) is 0. The van der Waals surface area contributed by atoms with E-state index in [0.29, 0.717) is 5.41 Å². The molecule has 0 amide bonds. The summed E-state index contributed by atoms with van der Waals surface area (Å²) in [5.74, 6) is 0. The molecular weight excluding hydrogens is 180 g/mol. The van der Waals surface area contributed by atoms with Crippen molar-refractivity contribution in [2.24, 2.45) is 0 Å². The van der Waals surface area contributed by atoms with Gasteiger partial charge < -0.3 is 0 Å². The van der Waals surface area contributed by atoms with Gasteiger partial charge in [-0.3, -0.25) is 0 Å². The van der Waals surface area contributed by atoms with Crippen LogP contribution < -0.4 is 0 Å². The van der Waals surface area contributed by atoms with Crippen LogP contribution in [0.2, 0.25) is 0 Å². The highest BCUT2D eigenvalue weighted by atomic mass is 14.4. The lowest BCUT2D eigenvalue weighted by molar-refractivity contribution is 0.796. The van der Waals surface area contributed by atoms with Gasteiger partial charge in [0.15, 0.2) is 0 Å². The Morgan fingerprint density at radius 1 is 0.933 bits per heavy atom. The fourth-order valence-corrected chi connectivity index (χ4v) is 2.43. The van der Waals surface area contributed by atoms with Crippen LogP contribution in [0.1, 0.15) is 30.9 Å². The van der Waals surface area contributed by atoms with Crippen LogP contribution in [0.25, 0.3) is 10.8 Å². The van der Waals surface area contributed by atoms with Crippen LogP contribution in [0.4, 0.5) is 0 Å². The molecule has 1 saturated carbocycles. The Balaban J connectivity index is 2.36. The van der Waals surface area contributed by atoms with E-state index in [4.69, 9.17) is 0 Å². The minimum Gasteiger partial charge on any atom is -0.0616 e. The fourth-order valence-electron chi connectivity index (χ4n) is 2.43. The molecule has 15 heavy (non-hydrogen) atoms.